The van der Waals surface area contributed by atoms with Crippen molar-refractivity contribution >= 4 is 23.2 Å². The summed E-state index contributed by atoms with van der Waals surface area (Å²) in [6.45, 7) is 1.67. The van der Waals surface area contributed by atoms with Crippen molar-refractivity contribution in [1.29, 1.82) is 0 Å². The van der Waals surface area contributed by atoms with Crippen molar-refractivity contribution in [3.05, 3.63) is 27.7 Å². The average molecular weight is 300 g/mol. The van der Waals surface area contributed by atoms with Gasteiger partial charge in [-0.25, -0.2) is 0 Å². The van der Waals surface area contributed by atoms with Crippen LogP contribution >= 0.6 is 23.2 Å². The zero-order valence-electron chi connectivity index (χ0n) is 10.8. The molecule has 0 aliphatic heterocycles. The van der Waals surface area contributed by atoms with E-state index in [9.17, 15) is 5.11 Å². The van der Waals surface area contributed by atoms with Crippen LogP contribution in [-0.2, 0) is 6.54 Å². The topological polar surface area (TPSA) is 32.3 Å². The fraction of sp³-hybridized carbons (Fsp3) is 0.600. The number of phenols is 1. The SMILES string of the molecule is Oc1c(Cl)cc(Cl)cc1CNCC(C1CC1)C1CC1. The fourth-order valence-corrected chi connectivity index (χ4v) is 3.43. The third-order valence-corrected chi connectivity index (χ3v) is 4.76. The van der Waals surface area contributed by atoms with E-state index in [0.29, 0.717) is 16.6 Å². The van der Waals surface area contributed by atoms with Gasteiger partial charge in [-0.1, -0.05) is 23.2 Å². The molecule has 1 aromatic carbocycles. The minimum atomic E-state index is 0.146. The van der Waals surface area contributed by atoms with Gasteiger partial charge in [0, 0.05) is 17.1 Å². The monoisotopic (exact) mass is 299 g/mol. The van der Waals surface area contributed by atoms with Crippen molar-refractivity contribution < 1.29 is 5.11 Å². The number of halogens is 2. The van der Waals surface area contributed by atoms with Crippen LogP contribution < -0.4 is 5.32 Å². The van der Waals surface area contributed by atoms with Gasteiger partial charge in [0.15, 0.2) is 0 Å². The summed E-state index contributed by atoms with van der Waals surface area (Å²) in [7, 11) is 0. The highest BCUT2D eigenvalue weighted by molar-refractivity contribution is 6.35. The van der Waals surface area contributed by atoms with E-state index in [-0.39, 0.29) is 5.75 Å². The predicted octanol–water partition coefficient (Wildman–Crippen LogP) is 4.22. The number of hydrogen-bond acceptors (Lipinski definition) is 2. The Hall–Kier alpha value is -0.440. The van der Waals surface area contributed by atoms with E-state index in [1.807, 2.05) is 0 Å². The maximum Gasteiger partial charge on any atom is 0.138 e. The van der Waals surface area contributed by atoms with E-state index < -0.39 is 0 Å². The van der Waals surface area contributed by atoms with E-state index in [0.717, 1.165) is 29.9 Å². The Bertz CT molecular complexity index is 457. The molecule has 2 aliphatic rings. The zero-order chi connectivity index (χ0) is 13.4. The lowest BCUT2D eigenvalue weighted by Gasteiger charge is -2.16. The van der Waals surface area contributed by atoms with Crippen molar-refractivity contribution in [2.75, 3.05) is 6.54 Å². The molecule has 19 heavy (non-hydrogen) atoms. The lowest BCUT2D eigenvalue weighted by atomic mass is 9.98. The summed E-state index contributed by atoms with van der Waals surface area (Å²) in [6, 6.07) is 3.35. The number of rotatable bonds is 6. The van der Waals surface area contributed by atoms with Gasteiger partial charge in [0.1, 0.15) is 5.75 Å². The molecule has 2 N–H and O–H groups in total. The molecule has 2 nitrogen and oxygen atoms in total. The quantitative estimate of drug-likeness (QED) is 0.824. The van der Waals surface area contributed by atoms with Gasteiger partial charge in [0.25, 0.3) is 0 Å². The first-order valence-electron chi connectivity index (χ1n) is 7.02. The van der Waals surface area contributed by atoms with E-state index in [4.69, 9.17) is 23.2 Å². The zero-order valence-corrected chi connectivity index (χ0v) is 12.3. The lowest BCUT2D eigenvalue weighted by Crippen LogP contribution is -2.25. The number of aromatic hydroxyl groups is 1. The maximum absolute atomic E-state index is 9.90. The number of hydrogen-bond donors (Lipinski definition) is 2. The van der Waals surface area contributed by atoms with Crippen LogP contribution in [0.5, 0.6) is 5.75 Å². The highest BCUT2D eigenvalue weighted by Gasteiger charge is 2.40. The van der Waals surface area contributed by atoms with Crippen LogP contribution in [0.3, 0.4) is 0 Å². The molecule has 0 atom stereocenters. The van der Waals surface area contributed by atoms with Gasteiger partial charge in [0.05, 0.1) is 5.02 Å². The second-order valence-electron chi connectivity index (χ2n) is 5.86. The van der Waals surface area contributed by atoms with Crippen molar-refractivity contribution in [3.63, 3.8) is 0 Å². The van der Waals surface area contributed by atoms with Crippen LogP contribution in [0.2, 0.25) is 10.0 Å². The Morgan fingerprint density at radius 2 is 1.79 bits per heavy atom. The molecule has 104 valence electrons. The first-order valence-corrected chi connectivity index (χ1v) is 7.78. The summed E-state index contributed by atoms with van der Waals surface area (Å²) in [5.41, 5.74) is 0.780. The fourth-order valence-electron chi connectivity index (χ4n) is 2.89. The summed E-state index contributed by atoms with van der Waals surface area (Å²) >= 11 is 11.9. The Labute approximate surface area is 124 Å². The molecule has 2 fully saturated rings. The molecule has 2 aliphatic carbocycles. The lowest BCUT2D eigenvalue weighted by molar-refractivity contribution is 0.376. The minimum absolute atomic E-state index is 0.146. The summed E-state index contributed by atoms with van der Waals surface area (Å²) in [5.74, 6) is 2.86. The van der Waals surface area contributed by atoms with Crippen LogP contribution in [0.25, 0.3) is 0 Å². The normalized spacial score (nSPS) is 19.1. The van der Waals surface area contributed by atoms with Gasteiger partial charge in [0.2, 0.25) is 0 Å². The summed E-state index contributed by atoms with van der Waals surface area (Å²) < 4.78 is 0. The van der Waals surface area contributed by atoms with Gasteiger partial charge in [-0.05, 0) is 62.1 Å². The van der Waals surface area contributed by atoms with E-state index in [1.165, 1.54) is 25.7 Å². The molecule has 3 rings (SSSR count). The van der Waals surface area contributed by atoms with Crippen LogP contribution in [-0.4, -0.2) is 11.7 Å². The Kier molecular flexibility index (Phi) is 3.93. The Balaban J connectivity index is 1.56. The highest BCUT2D eigenvalue weighted by Crippen LogP contribution is 2.48. The largest absolute Gasteiger partial charge is 0.506 e. The first kappa shape index (κ1) is 13.5. The average Bonchev–Trinajstić information content (AvgIpc) is 3.24. The predicted molar refractivity (Wildman–Crippen MR) is 78.8 cm³/mol. The molecule has 4 heteroatoms. The van der Waals surface area contributed by atoms with Gasteiger partial charge in [-0.2, -0.15) is 0 Å². The van der Waals surface area contributed by atoms with Crippen LogP contribution in [0.15, 0.2) is 12.1 Å². The molecule has 1 aromatic rings. The molecular formula is C15H19Cl2NO. The smallest absolute Gasteiger partial charge is 0.138 e. The van der Waals surface area contributed by atoms with Crippen molar-refractivity contribution in [2.24, 2.45) is 17.8 Å². The van der Waals surface area contributed by atoms with Gasteiger partial charge in [-0.15, -0.1) is 0 Å². The van der Waals surface area contributed by atoms with Crippen molar-refractivity contribution in [1.82, 2.24) is 5.32 Å². The third-order valence-electron chi connectivity index (χ3n) is 4.26. The maximum atomic E-state index is 9.90. The summed E-state index contributed by atoms with van der Waals surface area (Å²) in [6.07, 6.45) is 5.60. The minimum Gasteiger partial charge on any atom is -0.506 e. The first-order chi connectivity index (χ1) is 9.15. The van der Waals surface area contributed by atoms with Crippen molar-refractivity contribution in [3.8, 4) is 5.75 Å². The molecule has 0 aromatic heterocycles. The second-order valence-corrected chi connectivity index (χ2v) is 6.71. The highest BCUT2D eigenvalue weighted by atomic mass is 35.5. The molecule has 0 spiro atoms. The molecule has 2 saturated carbocycles. The summed E-state index contributed by atoms with van der Waals surface area (Å²) in [4.78, 5) is 0. The number of phenolic OH excluding ortho intramolecular Hbond substituents is 1. The molecule has 0 unspecified atom stereocenters. The number of nitrogens with one attached hydrogen (secondary N) is 1. The van der Waals surface area contributed by atoms with E-state index >= 15 is 0 Å². The van der Waals surface area contributed by atoms with Crippen LogP contribution in [0.4, 0.5) is 0 Å². The van der Waals surface area contributed by atoms with E-state index in [2.05, 4.69) is 5.32 Å². The Morgan fingerprint density at radius 3 is 2.37 bits per heavy atom. The van der Waals surface area contributed by atoms with Crippen LogP contribution in [0, 0.1) is 17.8 Å². The standard InChI is InChI=1S/C15H19Cl2NO/c16-12-5-11(15(19)14(17)6-12)7-18-8-13(9-1-2-9)10-3-4-10/h5-6,9-10,13,18-19H,1-4,7-8H2. The molecule has 0 radical (unpaired) electrons. The third kappa shape index (κ3) is 3.36. The van der Waals surface area contributed by atoms with Crippen LogP contribution in [0.1, 0.15) is 31.2 Å². The Morgan fingerprint density at radius 1 is 1.16 bits per heavy atom. The van der Waals surface area contributed by atoms with Crippen molar-refractivity contribution in [2.45, 2.75) is 32.2 Å². The molecular weight excluding hydrogens is 281 g/mol. The second kappa shape index (κ2) is 5.51. The number of benzene rings is 1. The summed E-state index contributed by atoms with van der Waals surface area (Å²) in [5, 5.41) is 14.3. The van der Waals surface area contributed by atoms with Gasteiger partial charge < -0.3 is 10.4 Å². The molecule has 0 saturated heterocycles. The van der Waals surface area contributed by atoms with Gasteiger partial charge in [-0.3, -0.25) is 0 Å². The molecule has 0 amide bonds. The molecule has 0 bridgehead atoms. The van der Waals surface area contributed by atoms with Gasteiger partial charge >= 0.3 is 0 Å². The van der Waals surface area contributed by atoms with E-state index in [1.54, 1.807) is 12.1 Å². The molecule has 0 heterocycles.